The van der Waals surface area contributed by atoms with Crippen molar-refractivity contribution in [1.82, 2.24) is 0 Å². The zero-order valence-electron chi connectivity index (χ0n) is 11.8. The molecule has 0 N–H and O–H groups in total. The molecule has 0 aliphatic heterocycles. The van der Waals surface area contributed by atoms with Crippen molar-refractivity contribution < 1.29 is 13.2 Å². The van der Waals surface area contributed by atoms with Crippen molar-refractivity contribution in [2.45, 2.75) is 51.4 Å². The van der Waals surface area contributed by atoms with Crippen LogP contribution in [0.2, 0.25) is 0 Å². The Morgan fingerprint density at radius 2 is 1.45 bits per heavy atom. The van der Waals surface area contributed by atoms with E-state index in [2.05, 4.69) is 6.92 Å². The first kappa shape index (κ1) is 14.0. The van der Waals surface area contributed by atoms with Crippen LogP contribution in [0.1, 0.15) is 56.9 Å². The Hall–Kier alpha value is -0.990. The van der Waals surface area contributed by atoms with E-state index in [1.165, 1.54) is 31.4 Å². The fraction of sp³-hybridized carbons (Fsp3) is 0.647. The lowest BCUT2D eigenvalue weighted by Crippen LogP contribution is -2.29. The largest absolute Gasteiger partial charge is 0.204 e. The van der Waals surface area contributed by atoms with Gasteiger partial charge in [-0.15, -0.1) is 0 Å². The molecule has 0 saturated heterocycles. The lowest BCUT2D eigenvalue weighted by molar-refractivity contribution is 0.124. The average molecular weight is 282 g/mol. The third-order valence-corrected chi connectivity index (χ3v) is 5.35. The normalized spacial score (nSPS) is 33.8. The molecule has 4 unspecified atom stereocenters. The number of hydrogen-bond donors (Lipinski definition) is 0. The van der Waals surface area contributed by atoms with Crippen LogP contribution in [0.5, 0.6) is 0 Å². The molecule has 1 aromatic carbocycles. The van der Waals surface area contributed by atoms with Crippen LogP contribution in [0, 0.1) is 35.2 Å². The van der Waals surface area contributed by atoms with E-state index < -0.39 is 17.5 Å². The minimum Gasteiger partial charge on any atom is -0.204 e. The summed E-state index contributed by atoms with van der Waals surface area (Å²) in [6.07, 6.45) is 6.90. The van der Waals surface area contributed by atoms with Gasteiger partial charge in [-0.3, -0.25) is 0 Å². The van der Waals surface area contributed by atoms with Crippen LogP contribution < -0.4 is 0 Å². The molecular formula is C17H21F3. The van der Waals surface area contributed by atoms with Gasteiger partial charge in [0.05, 0.1) is 0 Å². The molecule has 2 fully saturated rings. The van der Waals surface area contributed by atoms with Crippen molar-refractivity contribution in [3.63, 3.8) is 0 Å². The Bertz CT molecular complexity index is 474. The molecule has 0 spiro atoms. The first-order valence-corrected chi connectivity index (χ1v) is 7.69. The maximum atomic E-state index is 13.4. The molecule has 0 bridgehead atoms. The van der Waals surface area contributed by atoms with Crippen LogP contribution in [0.25, 0.3) is 0 Å². The number of benzene rings is 1. The number of hydrogen-bond acceptors (Lipinski definition) is 0. The van der Waals surface area contributed by atoms with E-state index in [1.807, 2.05) is 0 Å². The Balaban J connectivity index is 1.76. The quantitative estimate of drug-likeness (QED) is 0.603. The van der Waals surface area contributed by atoms with E-state index in [0.29, 0.717) is 11.5 Å². The van der Waals surface area contributed by atoms with Crippen LogP contribution in [0.15, 0.2) is 12.1 Å². The van der Waals surface area contributed by atoms with Gasteiger partial charge < -0.3 is 0 Å². The summed E-state index contributed by atoms with van der Waals surface area (Å²) in [5, 5.41) is 0. The topological polar surface area (TPSA) is 0 Å². The first-order chi connectivity index (χ1) is 9.54. The van der Waals surface area contributed by atoms with Crippen molar-refractivity contribution in [3.05, 3.63) is 35.1 Å². The monoisotopic (exact) mass is 282 g/mol. The molecule has 0 aromatic heterocycles. The van der Waals surface area contributed by atoms with E-state index in [-0.39, 0.29) is 5.92 Å². The molecule has 1 aromatic rings. The molecule has 110 valence electrons. The summed E-state index contributed by atoms with van der Waals surface area (Å²) >= 11 is 0. The predicted molar refractivity (Wildman–Crippen MR) is 72.9 cm³/mol. The Morgan fingerprint density at radius 1 is 0.850 bits per heavy atom. The molecule has 0 heterocycles. The summed E-state index contributed by atoms with van der Waals surface area (Å²) in [5.74, 6) is -0.998. The van der Waals surface area contributed by atoms with Gasteiger partial charge in [0.2, 0.25) is 0 Å². The van der Waals surface area contributed by atoms with Crippen LogP contribution in [0.3, 0.4) is 0 Å². The smallest absolute Gasteiger partial charge is 0.194 e. The lowest BCUT2D eigenvalue weighted by atomic mass is 9.64. The number of halogens is 3. The summed E-state index contributed by atoms with van der Waals surface area (Å²) in [4.78, 5) is 0. The highest BCUT2D eigenvalue weighted by Gasteiger charge is 2.35. The third-order valence-electron chi connectivity index (χ3n) is 5.35. The van der Waals surface area contributed by atoms with E-state index in [9.17, 15) is 13.2 Å². The van der Waals surface area contributed by atoms with Crippen LogP contribution in [-0.4, -0.2) is 0 Å². The highest BCUT2D eigenvalue weighted by molar-refractivity contribution is 5.24. The molecule has 2 aliphatic rings. The van der Waals surface area contributed by atoms with Gasteiger partial charge >= 0.3 is 0 Å². The van der Waals surface area contributed by atoms with Gasteiger partial charge in [-0.1, -0.05) is 13.3 Å². The molecular weight excluding hydrogens is 261 g/mol. The molecule has 20 heavy (non-hydrogen) atoms. The number of fused-ring (bicyclic) bond motifs is 1. The SMILES string of the molecule is CC1CCC2CC(c3cc(F)c(F)c(F)c3)CCC2C1. The Kier molecular flexibility index (Phi) is 3.78. The molecule has 3 heteroatoms. The molecule has 0 nitrogen and oxygen atoms in total. The molecule has 0 radical (unpaired) electrons. The first-order valence-electron chi connectivity index (χ1n) is 7.69. The molecule has 4 atom stereocenters. The van der Waals surface area contributed by atoms with Gasteiger partial charge in [-0.25, -0.2) is 13.2 Å². The molecule has 0 amide bonds. The highest BCUT2D eigenvalue weighted by Crippen LogP contribution is 2.47. The van der Waals surface area contributed by atoms with Crippen molar-refractivity contribution >= 4 is 0 Å². The summed E-state index contributed by atoms with van der Waals surface area (Å²) in [5.41, 5.74) is 0.637. The van der Waals surface area contributed by atoms with Crippen molar-refractivity contribution in [2.75, 3.05) is 0 Å². The number of rotatable bonds is 1. The zero-order valence-corrected chi connectivity index (χ0v) is 11.8. The van der Waals surface area contributed by atoms with E-state index >= 15 is 0 Å². The van der Waals surface area contributed by atoms with Gasteiger partial charge in [0.15, 0.2) is 17.5 Å². The summed E-state index contributed by atoms with van der Waals surface area (Å²) in [6, 6.07) is 2.38. The lowest BCUT2D eigenvalue weighted by Gasteiger charge is -2.41. The van der Waals surface area contributed by atoms with Crippen molar-refractivity contribution in [3.8, 4) is 0 Å². The summed E-state index contributed by atoms with van der Waals surface area (Å²) < 4.78 is 39.8. The van der Waals surface area contributed by atoms with E-state index in [1.54, 1.807) is 0 Å². The average Bonchev–Trinajstić information content (AvgIpc) is 2.43. The van der Waals surface area contributed by atoms with Gasteiger partial charge in [0, 0.05) is 0 Å². The van der Waals surface area contributed by atoms with Crippen LogP contribution in [0.4, 0.5) is 13.2 Å². The fourth-order valence-corrected chi connectivity index (χ4v) is 4.24. The van der Waals surface area contributed by atoms with Gasteiger partial charge in [-0.2, -0.15) is 0 Å². The van der Waals surface area contributed by atoms with E-state index in [4.69, 9.17) is 0 Å². The Labute approximate surface area is 118 Å². The molecule has 2 aliphatic carbocycles. The van der Waals surface area contributed by atoms with Crippen molar-refractivity contribution in [2.24, 2.45) is 17.8 Å². The second-order valence-electron chi connectivity index (χ2n) is 6.75. The second-order valence-corrected chi connectivity index (χ2v) is 6.75. The van der Waals surface area contributed by atoms with Crippen LogP contribution in [-0.2, 0) is 0 Å². The van der Waals surface area contributed by atoms with Crippen molar-refractivity contribution in [1.29, 1.82) is 0 Å². The minimum absolute atomic E-state index is 0.189. The summed E-state index contributed by atoms with van der Waals surface area (Å²) in [7, 11) is 0. The predicted octanol–water partition coefficient (Wildman–Crippen LogP) is 5.42. The fourth-order valence-electron chi connectivity index (χ4n) is 4.24. The van der Waals surface area contributed by atoms with Gasteiger partial charge in [0.25, 0.3) is 0 Å². The standard InChI is InChI=1S/C17H21F3/c1-10-2-3-12-7-13(5-4-11(12)6-10)14-8-15(18)17(20)16(19)9-14/h8-13H,2-7H2,1H3. The second kappa shape index (κ2) is 5.42. The molecule has 2 saturated carbocycles. The maximum Gasteiger partial charge on any atom is 0.194 e. The van der Waals surface area contributed by atoms with Crippen LogP contribution >= 0.6 is 0 Å². The minimum atomic E-state index is -1.35. The zero-order chi connectivity index (χ0) is 14.3. The molecule has 3 rings (SSSR count). The Morgan fingerprint density at radius 3 is 2.15 bits per heavy atom. The summed E-state index contributed by atoms with van der Waals surface area (Å²) in [6.45, 7) is 2.31. The maximum absolute atomic E-state index is 13.4. The van der Waals surface area contributed by atoms with E-state index in [0.717, 1.165) is 31.1 Å². The third kappa shape index (κ3) is 2.59. The van der Waals surface area contributed by atoms with Gasteiger partial charge in [0.1, 0.15) is 0 Å². The highest BCUT2D eigenvalue weighted by atomic mass is 19.2. The van der Waals surface area contributed by atoms with Gasteiger partial charge in [-0.05, 0) is 73.5 Å².